The summed E-state index contributed by atoms with van der Waals surface area (Å²) in [6, 6.07) is 5.80. The predicted molar refractivity (Wildman–Crippen MR) is 78.3 cm³/mol. The number of aromatic nitrogens is 3. The van der Waals surface area contributed by atoms with Gasteiger partial charge in [-0.25, -0.2) is 0 Å². The third-order valence-electron chi connectivity index (χ3n) is 3.10. The van der Waals surface area contributed by atoms with E-state index in [0.717, 1.165) is 34.5 Å². The predicted octanol–water partition coefficient (Wildman–Crippen LogP) is 2.12. The minimum absolute atomic E-state index is 0.0288. The smallest absolute Gasteiger partial charge is 0.0738 e. The molecule has 0 aromatic carbocycles. The van der Waals surface area contributed by atoms with Crippen LogP contribution in [0.25, 0.3) is 0 Å². The molecule has 0 saturated carbocycles. The van der Waals surface area contributed by atoms with Gasteiger partial charge in [0.2, 0.25) is 0 Å². The summed E-state index contributed by atoms with van der Waals surface area (Å²) in [5, 5.41) is 4.49. The van der Waals surface area contributed by atoms with Crippen LogP contribution in [0.3, 0.4) is 0 Å². The number of nitrogens with one attached hydrogen (secondary N) is 1. The maximum atomic E-state index is 5.67. The molecule has 0 aliphatic rings. The van der Waals surface area contributed by atoms with E-state index in [1.54, 1.807) is 6.20 Å². The largest absolute Gasteiger partial charge is 0.271 e. The van der Waals surface area contributed by atoms with Gasteiger partial charge in [-0.3, -0.25) is 20.9 Å². The van der Waals surface area contributed by atoms with Crippen molar-refractivity contribution in [1.82, 2.24) is 20.2 Å². The first-order chi connectivity index (χ1) is 9.17. The normalized spacial score (nSPS) is 12.6. The zero-order chi connectivity index (χ0) is 13.8. The Morgan fingerprint density at radius 3 is 2.84 bits per heavy atom. The number of pyridine rings is 1. The summed E-state index contributed by atoms with van der Waals surface area (Å²) in [7, 11) is 0. The third kappa shape index (κ3) is 3.02. The lowest BCUT2D eigenvalue weighted by Crippen LogP contribution is -2.31. The Balaban J connectivity index is 2.29. The van der Waals surface area contributed by atoms with Gasteiger partial charge in [0.05, 0.1) is 27.6 Å². The van der Waals surface area contributed by atoms with Gasteiger partial charge in [-0.1, -0.05) is 6.07 Å². The number of nitrogens with two attached hydrogens (primary N) is 1. The van der Waals surface area contributed by atoms with Gasteiger partial charge >= 0.3 is 0 Å². The fourth-order valence-corrected chi connectivity index (χ4v) is 2.53. The van der Waals surface area contributed by atoms with Gasteiger partial charge in [0.1, 0.15) is 0 Å². The van der Waals surface area contributed by atoms with Crippen LogP contribution in [0.4, 0.5) is 0 Å². The lowest BCUT2D eigenvalue weighted by atomic mass is 10.1. The molecule has 3 N–H and O–H groups in total. The van der Waals surface area contributed by atoms with E-state index in [9.17, 15) is 0 Å². The van der Waals surface area contributed by atoms with Crippen molar-refractivity contribution in [2.75, 3.05) is 0 Å². The molecule has 19 heavy (non-hydrogen) atoms. The molecule has 0 bridgehead atoms. The van der Waals surface area contributed by atoms with Crippen LogP contribution < -0.4 is 11.3 Å². The van der Waals surface area contributed by atoms with Crippen LogP contribution in [0.2, 0.25) is 0 Å². The van der Waals surface area contributed by atoms with Crippen molar-refractivity contribution in [2.24, 2.45) is 5.84 Å². The summed E-state index contributed by atoms with van der Waals surface area (Å²) in [6.07, 6.45) is 2.51. The summed E-state index contributed by atoms with van der Waals surface area (Å²) in [6.45, 7) is 4.90. The highest BCUT2D eigenvalue weighted by Gasteiger charge is 2.18. The Bertz CT molecular complexity index is 537. The molecule has 0 fully saturated rings. The average molecular weight is 324 g/mol. The molecule has 102 valence electrons. The Labute approximate surface area is 121 Å². The van der Waals surface area contributed by atoms with Gasteiger partial charge in [0, 0.05) is 19.2 Å². The van der Waals surface area contributed by atoms with Gasteiger partial charge in [-0.2, -0.15) is 5.10 Å². The second-order valence-electron chi connectivity index (χ2n) is 4.34. The summed E-state index contributed by atoms with van der Waals surface area (Å²) >= 11 is 3.60. The second kappa shape index (κ2) is 6.27. The minimum atomic E-state index is -0.0288. The van der Waals surface area contributed by atoms with E-state index in [1.165, 1.54) is 0 Å². The Morgan fingerprint density at radius 2 is 2.26 bits per heavy atom. The topological polar surface area (TPSA) is 68.8 Å². The summed E-state index contributed by atoms with van der Waals surface area (Å²) in [5.41, 5.74) is 5.89. The zero-order valence-electron chi connectivity index (χ0n) is 11.1. The van der Waals surface area contributed by atoms with Crippen molar-refractivity contribution in [3.05, 3.63) is 46.0 Å². The van der Waals surface area contributed by atoms with E-state index in [2.05, 4.69) is 38.4 Å². The molecule has 2 rings (SSSR count). The Morgan fingerprint density at radius 1 is 1.47 bits per heavy atom. The monoisotopic (exact) mass is 323 g/mol. The SMILES string of the molecule is CCn1nc(C)c(Br)c1CC(NN)c1ccccn1. The number of nitrogens with zero attached hydrogens (tertiary/aromatic N) is 3. The highest BCUT2D eigenvalue weighted by atomic mass is 79.9. The van der Waals surface area contributed by atoms with Crippen molar-refractivity contribution >= 4 is 15.9 Å². The maximum absolute atomic E-state index is 5.67. The molecule has 0 aliphatic heterocycles. The van der Waals surface area contributed by atoms with Gasteiger partial charge in [0.25, 0.3) is 0 Å². The summed E-state index contributed by atoms with van der Waals surface area (Å²) < 4.78 is 3.04. The molecule has 1 atom stereocenters. The van der Waals surface area contributed by atoms with Crippen LogP contribution in [0.1, 0.15) is 30.0 Å². The van der Waals surface area contributed by atoms with Crippen LogP contribution in [0, 0.1) is 6.92 Å². The molecule has 2 aromatic heterocycles. The summed E-state index contributed by atoms with van der Waals surface area (Å²) in [4.78, 5) is 4.35. The highest BCUT2D eigenvalue weighted by molar-refractivity contribution is 9.10. The highest BCUT2D eigenvalue weighted by Crippen LogP contribution is 2.25. The Kier molecular flexibility index (Phi) is 4.68. The van der Waals surface area contributed by atoms with Crippen molar-refractivity contribution < 1.29 is 0 Å². The van der Waals surface area contributed by atoms with Gasteiger partial charge in [0.15, 0.2) is 0 Å². The van der Waals surface area contributed by atoms with Gasteiger partial charge in [-0.15, -0.1) is 0 Å². The standard InChI is InChI=1S/C13H18BrN5/c1-3-19-12(13(14)9(2)18-19)8-11(17-15)10-6-4-5-7-16-10/h4-7,11,17H,3,8,15H2,1-2H3. The third-order valence-corrected chi connectivity index (χ3v) is 4.13. The summed E-state index contributed by atoms with van der Waals surface area (Å²) in [5.74, 6) is 5.67. The van der Waals surface area contributed by atoms with Crippen molar-refractivity contribution in [3.8, 4) is 0 Å². The maximum Gasteiger partial charge on any atom is 0.0738 e. The molecule has 6 heteroatoms. The van der Waals surface area contributed by atoms with E-state index < -0.39 is 0 Å². The molecular weight excluding hydrogens is 306 g/mol. The molecule has 0 radical (unpaired) electrons. The molecular formula is C13H18BrN5. The van der Waals surface area contributed by atoms with E-state index in [4.69, 9.17) is 5.84 Å². The van der Waals surface area contributed by atoms with E-state index in [-0.39, 0.29) is 6.04 Å². The van der Waals surface area contributed by atoms with E-state index in [1.807, 2.05) is 29.8 Å². The average Bonchev–Trinajstić information content (AvgIpc) is 2.72. The zero-order valence-corrected chi connectivity index (χ0v) is 12.7. The van der Waals surface area contributed by atoms with Crippen LogP contribution in [0.5, 0.6) is 0 Å². The molecule has 2 aromatic rings. The van der Waals surface area contributed by atoms with E-state index in [0.29, 0.717) is 0 Å². The molecule has 1 unspecified atom stereocenters. The number of hydrazine groups is 1. The number of hydrogen-bond donors (Lipinski definition) is 2. The lowest BCUT2D eigenvalue weighted by Gasteiger charge is -2.16. The van der Waals surface area contributed by atoms with Crippen molar-refractivity contribution in [3.63, 3.8) is 0 Å². The Hall–Kier alpha value is -1.24. The number of hydrogen-bond acceptors (Lipinski definition) is 4. The molecule has 0 saturated heterocycles. The van der Waals surface area contributed by atoms with E-state index >= 15 is 0 Å². The molecule has 0 amide bonds. The molecule has 0 aliphatic carbocycles. The first kappa shape index (κ1) is 14.2. The van der Waals surface area contributed by atoms with Crippen LogP contribution in [0.15, 0.2) is 28.9 Å². The number of aryl methyl sites for hydroxylation is 2. The van der Waals surface area contributed by atoms with Gasteiger partial charge in [-0.05, 0) is 41.9 Å². The van der Waals surface area contributed by atoms with Gasteiger partial charge < -0.3 is 0 Å². The molecule has 5 nitrogen and oxygen atoms in total. The van der Waals surface area contributed by atoms with Crippen LogP contribution >= 0.6 is 15.9 Å². The first-order valence-corrected chi connectivity index (χ1v) is 7.05. The number of halogens is 1. The molecule has 0 spiro atoms. The second-order valence-corrected chi connectivity index (χ2v) is 5.13. The first-order valence-electron chi connectivity index (χ1n) is 6.26. The fraction of sp³-hybridized carbons (Fsp3) is 0.385. The quantitative estimate of drug-likeness (QED) is 0.653. The molecule has 2 heterocycles. The van der Waals surface area contributed by atoms with Crippen molar-refractivity contribution in [2.45, 2.75) is 32.9 Å². The minimum Gasteiger partial charge on any atom is -0.271 e. The van der Waals surface area contributed by atoms with Crippen LogP contribution in [-0.2, 0) is 13.0 Å². The van der Waals surface area contributed by atoms with Crippen LogP contribution in [-0.4, -0.2) is 14.8 Å². The fourth-order valence-electron chi connectivity index (χ4n) is 2.09. The lowest BCUT2D eigenvalue weighted by molar-refractivity contribution is 0.506. The van der Waals surface area contributed by atoms with Crippen molar-refractivity contribution in [1.29, 1.82) is 0 Å². The number of rotatable bonds is 5.